The van der Waals surface area contributed by atoms with E-state index in [0.717, 1.165) is 25.8 Å². The minimum atomic E-state index is -0.0115. The van der Waals surface area contributed by atoms with Crippen LogP contribution in [0.5, 0.6) is 11.5 Å². The summed E-state index contributed by atoms with van der Waals surface area (Å²) in [6.45, 7) is 1.47. The van der Waals surface area contributed by atoms with Crippen LogP contribution in [-0.4, -0.2) is 47.4 Å². The molecule has 2 heterocycles. The second-order valence-corrected chi connectivity index (χ2v) is 5.92. The van der Waals surface area contributed by atoms with Gasteiger partial charge >= 0.3 is 0 Å². The Labute approximate surface area is 142 Å². The fraction of sp³-hybridized carbons (Fsp3) is 0.444. The maximum atomic E-state index is 13.1. The lowest BCUT2D eigenvalue weighted by atomic mass is 10.0. The van der Waals surface area contributed by atoms with E-state index >= 15 is 0 Å². The van der Waals surface area contributed by atoms with Crippen molar-refractivity contribution < 1.29 is 14.3 Å². The van der Waals surface area contributed by atoms with Crippen molar-refractivity contribution >= 4 is 5.91 Å². The van der Waals surface area contributed by atoms with Crippen molar-refractivity contribution in [2.45, 2.75) is 31.8 Å². The van der Waals surface area contributed by atoms with E-state index in [1.165, 1.54) is 0 Å². The van der Waals surface area contributed by atoms with Crippen molar-refractivity contribution in [1.82, 2.24) is 14.7 Å². The van der Waals surface area contributed by atoms with E-state index in [1.807, 2.05) is 27.9 Å². The number of rotatable bonds is 5. The van der Waals surface area contributed by atoms with Gasteiger partial charge in [0.05, 0.1) is 32.4 Å². The first-order valence-corrected chi connectivity index (χ1v) is 8.24. The third-order valence-corrected chi connectivity index (χ3v) is 4.48. The summed E-state index contributed by atoms with van der Waals surface area (Å²) in [7, 11) is 3.14. The lowest BCUT2D eigenvalue weighted by Gasteiger charge is -2.36. The van der Waals surface area contributed by atoms with E-state index in [4.69, 9.17) is 9.47 Å². The van der Waals surface area contributed by atoms with Crippen molar-refractivity contribution in [3.63, 3.8) is 0 Å². The van der Waals surface area contributed by atoms with E-state index in [0.29, 0.717) is 23.6 Å². The standard InChI is InChI=1S/C18H23N3O3/c1-23-16-9-5-8-15(17(16)24-2)18(22)21-12-4-3-7-14(21)13-20-11-6-10-19-20/h5-6,8-11,14H,3-4,7,12-13H2,1-2H3. The summed E-state index contributed by atoms with van der Waals surface area (Å²) in [6.07, 6.45) is 6.83. The normalized spacial score (nSPS) is 17.6. The second-order valence-electron chi connectivity index (χ2n) is 5.92. The largest absolute Gasteiger partial charge is 0.493 e. The number of ether oxygens (including phenoxy) is 2. The molecule has 6 nitrogen and oxygen atoms in total. The fourth-order valence-electron chi connectivity index (χ4n) is 3.29. The Morgan fingerprint density at radius 2 is 2.12 bits per heavy atom. The Hall–Kier alpha value is -2.50. The topological polar surface area (TPSA) is 56.6 Å². The molecule has 1 unspecified atom stereocenters. The number of piperidine rings is 1. The molecule has 6 heteroatoms. The molecule has 1 atom stereocenters. The highest BCUT2D eigenvalue weighted by Gasteiger charge is 2.30. The Bertz CT molecular complexity index is 685. The number of nitrogens with zero attached hydrogens (tertiary/aromatic N) is 3. The first kappa shape index (κ1) is 16.4. The number of benzene rings is 1. The Morgan fingerprint density at radius 3 is 2.83 bits per heavy atom. The lowest BCUT2D eigenvalue weighted by molar-refractivity contribution is 0.0580. The van der Waals surface area contributed by atoms with Gasteiger partial charge in [-0.2, -0.15) is 5.10 Å². The van der Waals surface area contributed by atoms with Crippen LogP contribution in [0.1, 0.15) is 29.6 Å². The molecule has 3 rings (SSSR count). The molecule has 0 aliphatic carbocycles. The second kappa shape index (κ2) is 7.38. The minimum absolute atomic E-state index is 0.0115. The molecular weight excluding hydrogens is 306 g/mol. The van der Waals surface area contributed by atoms with Gasteiger partial charge in [-0.3, -0.25) is 9.48 Å². The molecule has 0 bridgehead atoms. The first-order chi connectivity index (χ1) is 11.7. The number of hydrogen-bond acceptors (Lipinski definition) is 4. The fourth-order valence-corrected chi connectivity index (χ4v) is 3.29. The van der Waals surface area contributed by atoms with Crippen LogP contribution in [0.15, 0.2) is 36.7 Å². The molecule has 1 aliphatic rings. The van der Waals surface area contributed by atoms with Gasteiger partial charge in [-0.1, -0.05) is 6.07 Å². The van der Waals surface area contributed by atoms with E-state index in [1.54, 1.807) is 32.5 Å². The van der Waals surface area contributed by atoms with E-state index in [2.05, 4.69) is 5.10 Å². The highest BCUT2D eigenvalue weighted by molar-refractivity contribution is 5.98. The molecule has 1 amide bonds. The van der Waals surface area contributed by atoms with Gasteiger partial charge in [-0.25, -0.2) is 0 Å². The molecule has 1 aromatic carbocycles. The van der Waals surface area contributed by atoms with Crippen LogP contribution in [0.25, 0.3) is 0 Å². The average Bonchev–Trinajstić information content (AvgIpc) is 3.13. The molecule has 2 aromatic rings. The number of hydrogen-bond donors (Lipinski definition) is 0. The predicted octanol–water partition coefficient (Wildman–Crippen LogP) is 2.60. The average molecular weight is 329 g/mol. The first-order valence-electron chi connectivity index (χ1n) is 8.24. The highest BCUT2D eigenvalue weighted by atomic mass is 16.5. The molecule has 1 saturated heterocycles. The maximum Gasteiger partial charge on any atom is 0.258 e. The van der Waals surface area contributed by atoms with Gasteiger partial charge in [-0.15, -0.1) is 0 Å². The van der Waals surface area contributed by atoms with Gasteiger partial charge in [0.1, 0.15) is 0 Å². The third-order valence-electron chi connectivity index (χ3n) is 4.48. The minimum Gasteiger partial charge on any atom is -0.493 e. The van der Waals surface area contributed by atoms with E-state index < -0.39 is 0 Å². The van der Waals surface area contributed by atoms with Crippen molar-refractivity contribution in [1.29, 1.82) is 0 Å². The molecule has 24 heavy (non-hydrogen) atoms. The summed E-state index contributed by atoms with van der Waals surface area (Å²) in [5, 5.41) is 4.27. The zero-order valence-electron chi connectivity index (χ0n) is 14.1. The van der Waals surface area contributed by atoms with Crippen LogP contribution >= 0.6 is 0 Å². The predicted molar refractivity (Wildman–Crippen MR) is 90.4 cm³/mol. The van der Waals surface area contributed by atoms with E-state index in [9.17, 15) is 4.79 Å². The number of methoxy groups -OCH3 is 2. The molecule has 0 radical (unpaired) electrons. The number of amides is 1. The van der Waals surface area contributed by atoms with Crippen molar-refractivity contribution in [3.8, 4) is 11.5 Å². The number of para-hydroxylation sites is 1. The van der Waals surface area contributed by atoms with Crippen molar-refractivity contribution in [3.05, 3.63) is 42.2 Å². The maximum absolute atomic E-state index is 13.1. The van der Waals surface area contributed by atoms with Crippen LogP contribution in [0.4, 0.5) is 0 Å². The molecule has 1 fully saturated rings. The van der Waals surface area contributed by atoms with Gasteiger partial charge in [0.15, 0.2) is 11.5 Å². The lowest BCUT2D eigenvalue weighted by Crippen LogP contribution is -2.46. The van der Waals surface area contributed by atoms with Gasteiger partial charge in [0.25, 0.3) is 5.91 Å². The van der Waals surface area contributed by atoms with Crippen LogP contribution in [0, 0.1) is 0 Å². The van der Waals surface area contributed by atoms with Crippen molar-refractivity contribution in [2.24, 2.45) is 0 Å². The molecule has 0 N–H and O–H groups in total. The number of likely N-dealkylation sites (tertiary alicyclic amines) is 1. The third kappa shape index (κ3) is 3.22. The summed E-state index contributed by atoms with van der Waals surface area (Å²) in [4.78, 5) is 15.1. The SMILES string of the molecule is COc1cccc(C(=O)N2CCCCC2Cn2cccn2)c1OC. The van der Waals surface area contributed by atoms with Crippen LogP contribution in [0.3, 0.4) is 0 Å². The van der Waals surface area contributed by atoms with Gasteiger partial charge in [0.2, 0.25) is 0 Å². The molecule has 128 valence electrons. The monoisotopic (exact) mass is 329 g/mol. The van der Waals surface area contributed by atoms with Gasteiger partial charge in [-0.05, 0) is 37.5 Å². The molecule has 0 spiro atoms. The van der Waals surface area contributed by atoms with Crippen LogP contribution < -0.4 is 9.47 Å². The quantitative estimate of drug-likeness (QED) is 0.846. The molecule has 0 saturated carbocycles. The van der Waals surface area contributed by atoms with Crippen LogP contribution in [-0.2, 0) is 6.54 Å². The molecule has 1 aromatic heterocycles. The summed E-state index contributed by atoms with van der Waals surface area (Å²) in [6, 6.07) is 7.46. The highest BCUT2D eigenvalue weighted by Crippen LogP contribution is 2.33. The summed E-state index contributed by atoms with van der Waals surface area (Å²) >= 11 is 0. The number of carbonyl (C=O) groups is 1. The summed E-state index contributed by atoms with van der Waals surface area (Å²) < 4.78 is 12.6. The Kier molecular flexibility index (Phi) is 5.03. The molecule has 1 aliphatic heterocycles. The molecular formula is C18H23N3O3. The zero-order chi connectivity index (χ0) is 16.9. The number of carbonyl (C=O) groups excluding carboxylic acids is 1. The van der Waals surface area contributed by atoms with Crippen molar-refractivity contribution in [2.75, 3.05) is 20.8 Å². The van der Waals surface area contributed by atoms with Gasteiger partial charge < -0.3 is 14.4 Å². The van der Waals surface area contributed by atoms with E-state index in [-0.39, 0.29) is 11.9 Å². The van der Waals surface area contributed by atoms with Crippen LogP contribution in [0.2, 0.25) is 0 Å². The zero-order valence-corrected chi connectivity index (χ0v) is 14.1. The Balaban J connectivity index is 1.86. The Morgan fingerprint density at radius 1 is 1.25 bits per heavy atom. The van der Waals surface area contributed by atoms with Gasteiger partial charge in [0, 0.05) is 18.9 Å². The number of aromatic nitrogens is 2. The smallest absolute Gasteiger partial charge is 0.258 e. The summed E-state index contributed by atoms with van der Waals surface area (Å²) in [5.41, 5.74) is 0.546. The summed E-state index contributed by atoms with van der Waals surface area (Å²) in [5.74, 6) is 1.06.